The summed E-state index contributed by atoms with van der Waals surface area (Å²) in [6.45, 7) is 0.848. The quantitative estimate of drug-likeness (QED) is 0.643. The van der Waals surface area contributed by atoms with Gasteiger partial charge in [0.1, 0.15) is 18.3 Å². The molecule has 0 N–H and O–H groups in total. The van der Waals surface area contributed by atoms with Crippen molar-refractivity contribution in [2.45, 2.75) is 76.3 Å². The maximum Gasteiger partial charge on any atom is 0.250 e. The minimum atomic E-state index is -0.525. The molecule has 2 fully saturated rings. The summed E-state index contributed by atoms with van der Waals surface area (Å²) in [5, 5.41) is 0. The van der Waals surface area contributed by atoms with Crippen molar-refractivity contribution < 1.29 is 14.3 Å². The summed E-state index contributed by atoms with van der Waals surface area (Å²) < 4.78 is 5.29. The van der Waals surface area contributed by atoms with E-state index >= 15 is 0 Å². The summed E-state index contributed by atoms with van der Waals surface area (Å²) in [4.78, 5) is 30.6. The third-order valence-corrected chi connectivity index (χ3v) is 6.96. The number of carbonyl (C=O) groups is 2. The standard InChI is InChI=1S/C25H34N2O3/c1-30-22-14-12-20(13-15-22)24-25(29)27(21-10-6-3-7-11-21)18-23(28)26(24)17-16-19-8-4-2-5-9-19/h8,12-15,21,24H,2-7,9-11,16-18H2,1H3/t24-/m1/s1. The predicted molar refractivity (Wildman–Crippen MR) is 117 cm³/mol. The second-order valence-electron chi connectivity index (χ2n) is 8.88. The summed E-state index contributed by atoms with van der Waals surface area (Å²) in [6.07, 6.45) is 13.5. The zero-order chi connectivity index (χ0) is 20.9. The van der Waals surface area contributed by atoms with Crippen molar-refractivity contribution in [1.82, 2.24) is 9.80 Å². The number of hydrogen-bond acceptors (Lipinski definition) is 3. The molecular formula is C25H34N2O3. The summed E-state index contributed by atoms with van der Waals surface area (Å²) in [5.74, 6) is 0.929. The Kier molecular flexibility index (Phi) is 6.76. The van der Waals surface area contributed by atoms with E-state index in [1.165, 1.54) is 24.8 Å². The van der Waals surface area contributed by atoms with E-state index in [9.17, 15) is 9.59 Å². The Morgan fingerprint density at radius 1 is 1.00 bits per heavy atom. The first-order valence-electron chi connectivity index (χ1n) is 11.6. The van der Waals surface area contributed by atoms with Gasteiger partial charge in [0.25, 0.3) is 5.91 Å². The van der Waals surface area contributed by atoms with Crippen LogP contribution >= 0.6 is 0 Å². The highest BCUT2D eigenvalue weighted by atomic mass is 16.5. The normalized spacial score (nSPS) is 23.5. The molecule has 5 heteroatoms. The Morgan fingerprint density at radius 3 is 2.43 bits per heavy atom. The second-order valence-corrected chi connectivity index (χ2v) is 8.88. The first kappa shape index (κ1) is 21.0. The van der Waals surface area contributed by atoms with Crippen molar-refractivity contribution in [3.8, 4) is 5.75 Å². The van der Waals surface area contributed by atoms with Crippen LogP contribution in [0.15, 0.2) is 35.9 Å². The van der Waals surface area contributed by atoms with E-state index in [1.54, 1.807) is 7.11 Å². The van der Waals surface area contributed by atoms with Crippen LogP contribution < -0.4 is 4.74 Å². The number of methoxy groups -OCH3 is 1. The van der Waals surface area contributed by atoms with E-state index in [-0.39, 0.29) is 24.4 Å². The van der Waals surface area contributed by atoms with E-state index in [4.69, 9.17) is 4.74 Å². The first-order chi connectivity index (χ1) is 14.7. The average molecular weight is 411 g/mol. The zero-order valence-electron chi connectivity index (χ0n) is 18.1. The molecule has 0 unspecified atom stereocenters. The molecule has 30 heavy (non-hydrogen) atoms. The molecule has 1 aliphatic heterocycles. The van der Waals surface area contributed by atoms with Gasteiger partial charge in [-0.15, -0.1) is 0 Å². The van der Waals surface area contributed by atoms with Crippen LogP contribution in [-0.4, -0.2) is 47.9 Å². The summed E-state index contributed by atoms with van der Waals surface area (Å²) in [5.41, 5.74) is 2.32. The Bertz CT molecular complexity index is 780. The van der Waals surface area contributed by atoms with Crippen molar-refractivity contribution in [3.63, 3.8) is 0 Å². The molecule has 1 saturated heterocycles. The second kappa shape index (κ2) is 9.67. The molecule has 1 aromatic carbocycles. The number of hydrogen-bond donors (Lipinski definition) is 0. The molecule has 0 aromatic heterocycles. The summed E-state index contributed by atoms with van der Waals surface area (Å²) in [7, 11) is 1.64. The SMILES string of the molecule is COc1ccc([C@@H]2C(=O)N(C3CCCCC3)CC(=O)N2CCC2=CCCCC2)cc1. The lowest BCUT2D eigenvalue weighted by Gasteiger charge is -2.44. The number of ether oxygens (including phenoxy) is 1. The molecule has 1 heterocycles. The van der Waals surface area contributed by atoms with E-state index < -0.39 is 6.04 Å². The van der Waals surface area contributed by atoms with Gasteiger partial charge in [0, 0.05) is 12.6 Å². The largest absolute Gasteiger partial charge is 0.497 e. The minimum Gasteiger partial charge on any atom is -0.497 e. The molecule has 0 spiro atoms. The molecule has 0 radical (unpaired) electrons. The molecule has 3 aliphatic rings. The van der Waals surface area contributed by atoms with Gasteiger partial charge in [-0.1, -0.05) is 43.0 Å². The van der Waals surface area contributed by atoms with E-state index in [2.05, 4.69) is 6.08 Å². The van der Waals surface area contributed by atoms with Crippen molar-refractivity contribution in [2.24, 2.45) is 0 Å². The van der Waals surface area contributed by atoms with Gasteiger partial charge in [-0.2, -0.15) is 0 Å². The van der Waals surface area contributed by atoms with Crippen LogP contribution in [0.25, 0.3) is 0 Å². The maximum atomic E-state index is 13.7. The number of piperazine rings is 1. The molecule has 5 nitrogen and oxygen atoms in total. The maximum absolute atomic E-state index is 13.7. The third kappa shape index (κ3) is 4.55. The van der Waals surface area contributed by atoms with Crippen molar-refractivity contribution in [3.05, 3.63) is 41.5 Å². The van der Waals surface area contributed by atoms with Gasteiger partial charge in [-0.3, -0.25) is 9.59 Å². The first-order valence-corrected chi connectivity index (χ1v) is 11.6. The highest BCUT2D eigenvalue weighted by Gasteiger charge is 2.42. The molecule has 0 bridgehead atoms. The molecule has 1 atom stereocenters. The summed E-state index contributed by atoms with van der Waals surface area (Å²) in [6, 6.07) is 7.32. The Morgan fingerprint density at radius 2 is 1.77 bits per heavy atom. The number of allylic oxidation sites excluding steroid dienone is 1. The van der Waals surface area contributed by atoms with Crippen LogP contribution in [-0.2, 0) is 9.59 Å². The topological polar surface area (TPSA) is 49.9 Å². The number of nitrogens with zero attached hydrogens (tertiary/aromatic N) is 2. The van der Waals surface area contributed by atoms with Crippen LogP contribution in [0.5, 0.6) is 5.75 Å². The van der Waals surface area contributed by atoms with Crippen molar-refractivity contribution in [1.29, 1.82) is 0 Å². The molecular weight excluding hydrogens is 376 g/mol. The van der Waals surface area contributed by atoms with Gasteiger partial charge in [0.15, 0.2) is 0 Å². The summed E-state index contributed by atoms with van der Waals surface area (Å²) >= 11 is 0. The molecule has 1 aromatic rings. The Hall–Kier alpha value is -2.30. The van der Waals surface area contributed by atoms with Crippen LogP contribution in [0, 0.1) is 0 Å². The fourth-order valence-corrected chi connectivity index (χ4v) is 5.21. The van der Waals surface area contributed by atoms with Gasteiger partial charge in [-0.25, -0.2) is 0 Å². The van der Waals surface area contributed by atoms with Gasteiger partial charge >= 0.3 is 0 Å². The number of carbonyl (C=O) groups excluding carboxylic acids is 2. The van der Waals surface area contributed by atoms with Crippen LogP contribution in [0.2, 0.25) is 0 Å². The van der Waals surface area contributed by atoms with Gasteiger partial charge in [0.2, 0.25) is 5.91 Å². The fourth-order valence-electron chi connectivity index (χ4n) is 5.21. The Labute approximate surface area is 180 Å². The lowest BCUT2D eigenvalue weighted by Crippen LogP contribution is -2.58. The smallest absolute Gasteiger partial charge is 0.250 e. The van der Waals surface area contributed by atoms with E-state index in [0.29, 0.717) is 6.54 Å². The van der Waals surface area contributed by atoms with Crippen molar-refractivity contribution in [2.75, 3.05) is 20.2 Å². The van der Waals surface area contributed by atoms with Crippen molar-refractivity contribution >= 4 is 11.8 Å². The fraction of sp³-hybridized carbons (Fsp3) is 0.600. The van der Waals surface area contributed by atoms with Crippen LogP contribution in [0.3, 0.4) is 0 Å². The van der Waals surface area contributed by atoms with Gasteiger partial charge < -0.3 is 14.5 Å². The Balaban J connectivity index is 1.58. The van der Waals surface area contributed by atoms with E-state index in [1.807, 2.05) is 34.1 Å². The zero-order valence-corrected chi connectivity index (χ0v) is 18.1. The minimum absolute atomic E-state index is 0.0809. The molecule has 1 saturated carbocycles. The van der Waals surface area contributed by atoms with E-state index in [0.717, 1.165) is 56.3 Å². The molecule has 2 amide bonds. The molecule has 4 rings (SSSR count). The van der Waals surface area contributed by atoms with Crippen LogP contribution in [0.1, 0.15) is 75.8 Å². The van der Waals surface area contributed by atoms with Gasteiger partial charge in [-0.05, 0) is 62.6 Å². The molecule has 162 valence electrons. The highest BCUT2D eigenvalue weighted by molar-refractivity contribution is 5.95. The monoisotopic (exact) mass is 410 g/mol. The number of rotatable bonds is 6. The van der Waals surface area contributed by atoms with Crippen LogP contribution in [0.4, 0.5) is 0 Å². The molecule has 2 aliphatic carbocycles. The average Bonchev–Trinajstić information content (AvgIpc) is 2.80. The number of benzene rings is 1. The third-order valence-electron chi connectivity index (χ3n) is 6.96. The highest BCUT2D eigenvalue weighted by Crippen LogP contribution is 2.34. The number of amides is 2. The predicted octanol–water partition coefficient (Wildman–Crippen LogP) is 4.63. The lowest BCUT2D eigenvalue weighted by molar-refractivity contribution is -0.159. The lowest BCUT2D eigenvalue weighted by atomic mass is 9.91. The van der Waals surface area contributed by atoms with Gasteiger partial charge in [0.05, 0.1) is 7.11 Å².